The van der Waals surface area contributed by atoms with Gasteiger partial charge in [-0.2, -0.15) is 0 Å². The lowest BCUT2D eigenvalue weighted by Crippen LogP contribution is -2.21. The Morgan fingerprint density at radius 2 is 2.10 bits per heavy atom. The van der Waals surface area contributed by atoms with Crippen LogP contribution in [0.3, 0.4) is 0 Å². The van der Waals surface area contributed by atoms with Crippen LogP contribution in [0.4, 0.5) is 11.4 Å². The maximum atomic E-state index is 11.3. The summed E-state index contributed by atoms with van der Waals surface area (Å²) >= 11 is 6.17. The third kappa shape index (κ3) is 4.85. The Kier molecular flexibility index (Phi) is 5.12. The molecule has 1 fully saturated rings. The standard InChI is InChI=1S/C13H20ClN3O2S/c1-20(18,19)17-11-4-5-12(14)13(9-11)16-10-3-2-7-15-8-6-10/h4-5,9-10,15-17H,2-3,6-8H2,1H3. The molecule has 0 aliphatic carbocycles. The summed E-state index contributed by atoms with van der Waals surface area (Å²) in [6.45, 7) is 2.03. The van der Waals surface area contributed by atoms with Crippen molar-refractivity contribution < 1.29 is 8.42 Å². The number of benzene rings is 1. The topological polar surface area (TPSA) is 70.2 Å². The fraction of sp³-hybridized carbons (Fsp3) is 0.538. The molecule has 1 atom stereocenters. The first-order valence-corrected chi connectivity index (χ1v) is 8.95. The Balaban J connectivity index is 2.11. The van der Waals surface area contributed by atoms with Gasteiger partial charge in [0, 0.05) is 6.04 Å². The number of hydrogen-bond donors (Lipinski definition) is 3. The van der Waals surface area contributed by atoms with E-state index in [4.69, 9.17) is 11.6 Å². The van der Waals surface area contributed by atoms with Gasteiger partial charge in [-0.05, 0) is 50.6 Å². The molecule has 0 amide bonds. The fourth-order valence-electron chi connectivity index (χ4n) is 2.30. The van der Waals surface area contributed by atoms with Gasteiger partial charge in [0.1, 0.15) is 0 Å². The number of hydrogen-bond acceptors (Lipinski definition) is 4. The van der Waals surface area contributed by atoms with Crippen LogP contribution in [0.25, 0.3) is 0 Å². The van der Waals surface area contributed by atoms with Crippen molar-refractivity contribution in [2.24, 2.45) is 0 Å². The van der Waals surface area contributed by atoms with Crippen molar-refractivity contribution in [1.29, 1.82) is 0 Å². The van der Waals surface area contributed by atoms with Crippen LogP contribution in [0.2, 0.25) is 5.02 Å². The normalized spacial score (nSPS) is 20.2. The highest BCUT2D eigenvalue weighted by molar-refractivity contribution is 7.92. The van der Waals surface area contributed by atoms with E-state index >= 15 is 0 Å². The molecule has 3 N–H and O–H groups in total. The minimum Gasteiger partial charge on any atom is -0.381 e. The van der Waals surface area contributed by atoms with Crippen LogP contribution in [0.15, 0.2) is 18.2 Å². The predicted molar refractivity (Wildman–Crippen MR) is 84.0 cm³/mol. The minimum atomic E-state index is -3.28. The molecule has 2 rings (SSSR count). The van der Waals surface area contributed by atoms with Crippen molar-refractivity contribution in [3.05, 3.63) is 23.2 Å². The summed E-state index contributed by atoms with van der Waals surface area (Å²) in [7, 11) is -3.28. The van der Waals surface area contributed by atoms with Crippen molar-refractivity contribution in [2.75, 3.05) is 29.4 Å². The van der Waals surface area contributed by atoms with Crippen molar-refractivity contribution in [1.82, 2.24) is 5.32 Å². The quantitative estimate of drug-likeness (QED) is 0.796. The van der Waals surface area contributed by atoms with E-state index in [9.17, 15) is 8.42 Å². The summed E-state index contributed by atoms with van der Waals surface area (Å²) in [5.41, 5.74) is 1.29. The maximum absolute atomic E-state index is 11.3. The van der Waals surface area contributed by atoms with E-state index in [1.807, 2.05) is 0 Å². The molecule has 20 heavy (non-hydrogen) atoms. The van der Waals surface area contributed by atoms with Gasteiger partial charge in [0.2, 0.25) is 10.0 Å². The molecular formula is C13H20ClN3O2S. The SMILES string of the molecule is CS(=O)(=O)Nc1ccc(Cl)c(NC2CCCNCC2)c1. The van der Waals surface area contributed by atoms with E-state index in [-0.39, 0.29) is 0 Å². The zero-order chi connectivity index (χ0) is 14.6. The summed E-state index contributed by atoms with van der Waals surface area (Å²) < 4.78 is 25.0. The van der Waals surface area contributed by atoms with Crippen molar-refractivity contribution in [3.63, 3.8) is 0 Å². The molecule has 1 aromatic carbocycles. The van der Waals surface area contributed by atoms with Crippen LogP contribution < -0.4 is 15.4 Å². The number of nitrogens with one attached hydrogen (secondary N) is 3. The van der Waals surface area contributed by atoms with Crippen molar-refractivity contribution in [3.8, 4) is 0 Å². The van der Waals surface area contributed by atoms with Crippen LogP contribution in [0, 0.1) is 0 Å². The Morgan fingerprint density at radius 3 is 2.85 bits per heavy atom. The van der Waals surface area contributed by atoms with Crippen LogP contribution in [-0.2, 0) is 10.0 Å². The van der Waals surface area contributed by atoms with Gasteiger partial charge in [-0.1, -0.05) is 11.6 Å². The highest BCUT2D eigenvalue weighted by Crippen LogP contribution is 2.27. The smallest absolute Gasteiger partial charge is 0.229 e. The molecule has 0 radical (unpaired) electrons. The van der Waals surface area contributed by atoms with Crippen molar-refractivity contribution in [2.45, 2.75) is 25.3 Å². The first-order chi connectivity index (χ1) is 9.44. The first-order valence-electron chi connectivity index (χ1n) is 6.69. The van der Waals surface area contributed by atoms with E-state index < -0.39 is 10.0 Å². The average Bonchev–Trinajstić information content (AvgIpc) is 2.60. The van der Waals surface area contributed by atoms with E-state index in [0.717, 1.165) is 44.3 Å². The summed E-state index contributed by atoms with van der Waals surface area (Å²) in [5.74, 6) is 0. The largest absolute Gasteiger partial charge is 0.381 e. The molecule has 5 nitrogen and oxygen atoms in total. The highest BCUT2D eigenvalue weighted by Gasteiger charge is 2.13. The fourth-order valence-corrected chi connectivity index (χ4v) is 3.02. The molecule has 1 saturated heterocycles. The first kappa shape index (κ1) is 15.4. The molecule has 0 bridgehead atoms. The summed E-state index contributed by atoms with van der Waals surface area (Å²) in [5, 5.41) is 7.36. The molecule has 1 aliphatic heterocycles. The predicted octanol–water partition coefficient (Wildman–Crippen LogP) is 2.27. The Morgan fingerprint density at radius 1 is 1.30 bits per heavy atom. The molecule has 7 heteroatoms. The Hall–Kier alpha value is -0.980. The van der Waals surface area contributed by atoms with E-state index in [0.29, 0.717) is 16.8 Å². The van der Waals surface area contributed by atoms with E-state index in [1.54, 1.807) is 18.2 Å². The molecule has 1 aromatic rings. The molecular weight excluding hydrogens is 298 g/mol. The third-order valence-electron chi connectivity index (χ3n) is 3.20. The molecule has 0 saturated carbocycles. The maximum Gasteiger partial charge on any atom is 0.229 e. The average molecular weight is 318 g/mol. The van der Waals surface area contributed by atoms with Crippen LogP contribution in [-0.4, -0.2) is 33.8 Å². The number of anilines is 2. The van der Waals surface area contributed by atoms with Gasteiger partial charge in [-0.15, -0.1) is 0 Å². The van der Waals surface area contributed by atoms with Crippen LogP contribution >= 0.6 is 11.6 Å². The summed E-state index contributed by atoms with van der Waals surface area (Å²) in [6, 6.07) is 5.45. The van der Waals surface area contributed by atoms with Gasteiger partial charge in [0.25, 0.3) is 0 Å². The van der Waals surface area contributed by atoms with Gasteiger partial charge in [-0.25, -0.2) is 8.42 Å². The zero-order valence-corrected chi connectivity index (χ0v) is 13.0. The lowest BCUT2D eigenvalue weighted by Gasteiger charge is -2.19. The second kappa shape index (κ2) is 6.65. The van der Waals surface area contributed by atoms with E-state index in [1.165, 1.54) is 0 Å². The third-order valence-corrected chi connectivity index (χ3v) is 4.14. The summed E-state index contributed by atoms with van der Waals surface area (Å²) in [4.78, 5) is 0. The lowest BCUT2D eigenvalue weighted by atomic mass is 10.1. The van der Waals surface area contributed by atoms with Gasteiger partial charge in [0.15, 0.2) is 0 Å². The Labute approximate surface area is 125 Å². The van der Waals surface area contributed by atoms with E-state index in [2.05, 4.69) is 15.4 Å². The number of sulfonamides is 1. The summed E-state index contributed by atoms with van der Waals surface area (Å²) in [6.07, 6.45) is 4.36. The molecule has 1 heterocycles. The molecule has 1 aliphatic rings. The second-order valence-electron chi connectivity index (χ2n) is 5.09. The lowest BCUT2D eigenvalue weighted by molar-refractivity contribution is 0.607. The second-order valence-corrected chi connectivity index (χ2v) is 7.25. The Bertz CT molecular complexity index is 555. The molecule has 1 unspecified atom stereocenters. The highest BCUT2D eigenvalue weighted by atomic mass is 35.5. The minimum absolute atomic E-state index is 0.357. The molecule has 0 aromatic heterocycles. The monoisotopic (exact) mass is 317 g/mol. The zero-order valence-electron chi connectivity index (χ0n) is 11.4. The van der Waals surface area contributed by atoms with Gasteiger partial charge in [0.05, 0.1) is 22.7 Å². The van der Waals surface area contributed by atoms with Crippen LogP contribution in [0.5, 0.6) is 0 Å². The molecule has 0 spiro atoms. The number of halogens is 1. The van der Waals surface area contributed by atoms with Gasteiger partial charge in [-0.3, -0.25) is 4.72 Å². The van der Waals surface area contributed by atoms with Crippen LogP contribution in [0.1, 0.15) is 19.3 Å². The van der Waals surface area contributed by atoms with Crippen molar-refractivity contribution >= 4 is 33.0 Å². The molecule has 112 valence electrons. The van der Waals surface area contributed by atoms with Gasteiger partial charge < -0.3 is 10.6 Å². The number of rotatable bonds is 4. The van der Waals surface area contributed by atoms with Gasteiger partial charge >= 0.3 is 0 Å².